The minimum atomic E-state index is -0.276. The van der Waals surface area contributed by atoms with Gasteiger partial charge in [-0.05, 0) is 25.5 Å². The van der Waals surface area contributed by atoms with Gasteiger partial charge < -0.3 is 9.84 Å². The molecule has 0 saturated carbocycles. The van der Waals surface area contributed by atoms with Gasteiger partial charge in [0.25, 0.3) is 0 Å². The molecule has 1 aliphatic heterocycles. The van der Waals surface area contributed by atoms with Crippen LogP contribution >= 0.6 is 0 Å². The molecular weight excluding hydrogens is 290 g/mol. The SMILES string of the molecule is CC[C@H]1CN(CCOc2ccccc2C#N)CCN1C[C@@H](C)O. The van der Waals surface area contributed by atoms with E-state index in [0.29, 0.717) is 24.0 Å². The summed E-state index contributed by atoms with van der Waals surface area (Å²) >= 11 is 0. The minimum Gasteiger partial charge on any atom is -0.491 e. The first-order chi connectivity index (χ1) is 11.1. The maximum atomic E-state index is 9.60. The Balaban J connectivity index is 1.80. The Morgan fingerprint density at radius 2 is 2.17 bits per heavy atom. The molecule has 2 rings (SSSR count). The molecule has 5 nitrogen and oxygen atoms in total. The van der Waals surface area contributed by atoms with Crippen molar-refractivity contribution < 1.29 is 9.84 Å². The standard InChI is InChI=1S/C18H27N3O2/c1-3-17-14-20(8-9-21(17)13-15(2)22)10-11-23-18-7-5-4-6-16(18)12-19/h4-7,15,17,22H,3,8-11,13-14H2,1-2H3/t15-,17+/m1/s1. The summed E-state index contributed by atoms with van der Waals surface area (Å²) in [7, 11) is 0. The number of piperazine rings is 1. The van der Waals surface area contributed by atoms with Crippen LogP contribution in [0.3, 0.4) is 0 Å². The van der Waals surface area contributed by atoms with Crippen LogP contribution in [0.5, 0.6) is 5.75 Å². The van der Waals surface area contributed by atoms with Crippen molar-refractivity contribution in [3.05, 3.63) is 29.8 Å². The van der Waals surface area contributed by atoms with Crippen LogP contribution in [-0.2, 0) is 0 Å². The number of aliphatic hydroxyl groups is 1. The Bertz CT molecular complexity index is 527. The molecule has 0 bridgehead atoms. The van der Waals surface area contributed by atoms with Crippen LogP contribution in [0.4, 0.5) is 0 Å². The molecule has 126 valence electrons. The molecule has 0 amide bonds. The number of para-hydroxylation sites is 1. The van der Waals surface area contributed by atoms with Gasteiger partial charge in [0.2, 0.25) is 0 Å². The van der Waals surface area contributed by atoms with Crippen molar-refractivity contribution in [1.29, 1.82) is 5.26 Å². The van der Waals surface area contributed by atoms with E-state index >= 15 is 0 Å². The van der Waals surface area contributed by atoms with E-state index in [1.54, 1.807) is 6.07 Å². The van der Waals surface area contributed by atoms with E-state index in [1.807, 2.05) is 25.1 Å². The zero-order valence-electron chi connectivity index (χ0n) is 14.1. The lowest BCUT2D eigenvalue weighted by Crippen LogP contribution is -2.55. The minimum absolute atomic E-state index is 0.276. The molecule has 2 atom stereocenters. The summed E-state index contributed by atoms with van der Waals surface area (Å²) in [4.78, 5) is 4.79. The van der Waals surface area contributed by atoms with Crippen molar-refractivity contribution in [2.45, 2.75) is 32.4 Å². The predicted molar refractivity (Wildman–Crippen MR) is 90.4 cm³/mol. The van der Waals surface area contributed by atoms with Crippen LogP contribution in [0.25, 0.3) is 0 Å². The second-order valence-corrected chi connectivity index (χ2v) is 6.16. The van der Waals surface area contributed by atoms with Gasteiger partial charge in [-0.25, -0.2) is 0 Å². The van der Waals surface area contributed by atoms with Crippen molar-refractivity contribution >= 4 is 0 Å². The van der Waals surface area contributed by atoms with Gasteiger partial charge in [-0.3, -0.25) is 9.80 Å². The highest BCUT2D eigenvalue weighted by molar-refractivity contribution is 5.42. The van der Waals surface area contributed by atoms with Crippen molar-refractivity contribution in [2.75, 3.05) is 39.3 Å². The fourth-order valence-electron chi connectivity index (χ4n) is 3.10. The van der Waals surface area contributed by atoms with E-state index in [9.17, 15) is 5.11 Å². The number of nitrogens with zero attached hydrogens (tertiary/aromatic N) is 3. The summed E-state index contributed by atoms with van der Waals surface area (Å²) in [6.45, 7) is 9.22. The highest BCUT2D eigenvalue weighted by atomic mass is 16.5. The van der Waals surface area contributed by atoms with Crippen molar-refractivity contribution in [1.82, 2.24) is 9.80 Å². The molecule has 1 aromatic rings. The Hall–Kier alpha value is -1.61. The Kier molecular flexibility index (Phi) is 6.85. The number of ether oxygens (including phenoxy) is 1. The Labute approximate surface area is 139 Å². The normalized spacial score (nSPS) is 20.9. The third kappa shape index (κ3) is 5.21. The summed E-state index contributed by atoms with van der Waals surface area (Å²) in [5.41, 5.74) is 0.584. The summed E-state index contributed by atoms with van der Waals surface area (Å²) in [5.74, 6) is 0.662. The Morgan fingerprint density at radius 3 is 2.87 bits per heavy atom. The van der Waals surface area contributed by atoms with Crippen LogP contribution in [0.2, 0.25) is 0 Å². The molecule has 0 unspecified atom stereocenters. The number of rotatable bonds is 7. The first-order valence-electron chi connectivity index (χ1n) is 8.40. The topological polar surface area (TPSA) is 59.7 Å². The third-order valence-electron chi connectivity index (χ3n) is 4.33. The number of hydrogen-bond donors (Lipinski definition) is 1. The molecule has 1 heterocycles. The van der Waals surface area contributed by atoms with Crippen LogP contribution in [-0.4, -0.2) is 66.4 Å². The summed E-state index contributed by atoms with van der Waals surface area (Å²) < 4.78 is 5.77. The number of aliphatic hydroxyl groups excluding tert-OH is 1. The summed E-state index contributed by atoms with van der Waals surface area (Å²) in [6.07, 6.45) is 0.808. The van der Waals surface area contributed by atoms with Crippen molar-refractivity contribution in [3.8, 4) is 11.8 Å². The van der Waals surface area contributed by atoms with E-state index < -0.39 is 0 Å². The lowest BCUT2D eigenvalue weighted by molar-refractivity contribution is 0.0322. The average Bonchev–Trinajstić information content (AvgIpc) is 2.56. The maximum Gasteiger partial charge on any atom is 0.137 e. The zero-order chi connectivity index (χ0) is 16.7. The average molecular weight is 317 g/mol. The molecule has 1 aromatic carbocycles. The number of nitriles is 1. The second kappa shape index (κ2) is 8.88. The van der Waals surface area contributed by atoms with E-state index in [0.717, 1.165) is 39.1 Å². The van der Waals surface area contributed by atoms with Crippen LogP contribution < -0.4 is 4.74 Å². The van der Waals surface area contributed by atoms with E-state index in [4.69, 9.17) is 10.00 Å². The molecule has 1 aliphatic rings. The Morgan fingerprint density at radius 1 is 1.39 bits per heavy atom. The van der Waals surface area contributed by atoms with Crippen LogP contribution in [0.1, 0.15) is 25.8 Å². The van der Waals surface area contributed by atoms with Gasteiger partial charge in [0.05, 0.1) is 11.7 Å². The van der Waals surface area contributed by atoms with Gasteiger partial charge in [-0.15, -0.1) is 0 Å². The third-order valence-corrected chi connectivity index (χ3v) is 4.33. The monoisotopic (exact) mass is 317 g/mol. The summed E-state index contributed by atoms with van der Waals surface area (Å²) in [5, 5.41) is 18.7. The molecule has 0 aromatic heterocycles. The molecule has 1 N–H and O–H groups in total. The fraction of sp³-hybridized carbons (Fsp3) is 0.611. The molecular formula is C18H27N3O2. The number of hydrogen-bond acceptors (Lipinski definition) is 5. The zero-order valence-corrected chi connectivity index (χ0v) is 14.1. The molecule has 0 spiro atoms. The van der Waals surface area contributed by atoms with E-state index in [1.165, 1.54) is 0 Å². The smallest absolute Gasteiger partial charge is 0.137 e. The molecule has 5 heteroatoms. The summed E-state index contributed by atoms with van der Waals surface area (Å²) in [6, 6.07) is 9.99. The highest BCUT2D eigenvalue weighted by Gasteiger charge is 2.26. The molecule has 1 fully saturated rings. The van der Waals surface area contributed by atoms with Gasteiger partial charge in [0, 0.05) is 38.8 Å². The van der Waals surface area contributed by atoms with Gasteiger partial charge >= 0.3 is 0 Å². The first kappa shape index (κ1) is 17.7. The van der Waals surface area contributed by atoms with Gasteiger partial charge in [-0.1, -0.05) is 19.1 Å². The molecule has 1 saturated heterocycles. The predicted octanol–water partition coefficient (Wildman–Crippen LogP) is 1.71. The largest absolute Gasteiger partial charge is 0.491 e. The number of β-amino-alcohol motifs (C(OH)–C–C–N with tert-alkyl or cyclic N) is 1. The van der Waals surface area contributed by atoms with E-state index in [-0.39, 0.29) is 6.10 Å². The fourth-order valence-corrected chi connectivity index (χ4v) is 3.10. The van der Waals surface area contributed by atoms with Gasteiger partial charge in [0.15, 0.2) is 0 Å². The van der Waals surface area contributed by atoms with Gasteiger partial charge in [-0.2, -0.15) is 5.26 Å². The van der Waals surface area contributed by atoms with Crippen LogP contribution in [0, 0.1) is 11.3 Å². The molecule has 23 heavy (non-hydrogen) atoms. The second-order valence-electron chi connectivity index (χ2n) is 6.16. The van der Waals surface area contributed by atoms with Crippen molar-refractivity contribution in [2.24, 2.45) is 0 Å². The molecule has 0 aliphatic carbocycles. The first-order valence-corrected chi connectivity index (χ1v) is 8.40. The lowest BCUT2D eigenvalue weighted by atomic mass is 10.1. The maximum absolute atomic E-state index is 9.60. The quantitative estimate of drug-likeness (QED) is 0.830. The van der Waals surface area contributed by atoms with Crippen LogP contribution in [0.15, 0.2) is 24.3 Å². The van der Waals surface area contributed by atoms with Gasteiger partial charge in [0.1, 0.15) is 18.4 Å². The molecule has 0 radical (unpaired) electrons. The van der Waals surface area contributed by atoms with E-state index in [2.05, 4.69) is 22.8 Å². The van der Waals surface area contributed by atoms with Crippen molar-refractivity contribution in [3.63, 3.8) is 0 Å². The number of benzene rings is 1. The highest BCUT2D eigenvalue weighted by Crippen LogP contribution is 2.17. The lowest BCUT2D eigenvalue weighted by Gasteiger charge is -2.41.